The van der Waals surface area contributed by atoms with Crippen LogP contribution in [0.2, 0.25) is 0 Å². The first-order chi connectivity index (χ1) is 35.9. The van der Waals surface area contributed by atoms with Crippen LogP contribution in [-0.2, 0) is 35.0 Å². The maximum Gasteiger partial charge on any atom is 0.303 e. The van der Waals surface area contributed by atoms with Crippen LogP contribution in [0.15, 0.2) is 42.7 Å². The Labute approximate surface area is 431 Å². The third kappa shape index (κ3) is 14.5. The van der Waals surface area contributed by atoms with E-state index in [4.69, 9.17) is 47.1 Å². The number of aromatic nitrogens is 10. The van der Waals surface area contributed by atoms with Crippen molar-refractivity contribution in [1.29, 1.82) is 0 Å². The molecule has 0 saturated carbocycles. The molecular formula is C50H73N17O7. The van der Waals surface area contributed by atoms with Crippen molar-refractivity contribution in [2.75, 3.05) is 114 Å². The number of piperazine rings is 2. The first kappa shape index (κ1) is 55.0. The molecule has 2 aliphatic heterocycles. The summed E-state index contributed by atoms with van der Waals surface area (Å²) in [7, 11) is 0. The van der Waals surface area contributed by atoms with Crippen molar-refractivity contribution < 1.29 is 33.7 Å². The lowest BCUT2D eigenvalue weighted by molar-refractivity contribution is -0.139. The fraction of sp³-hybridized carbons (Fsp3) is 0.600. The predicted molar refractivity (Wildman–Crippen MR) is 277 cm³/mol. The number of carboxylic acids is 1. The van der Waals surface area contributed by atoms with Gasteiger partial charge in [0.2, 0.25) is 29.7 Å². The Kier molecular flexibility index (Phi) is 20.0. The second-order valence-electron chi connectivity index (χ2n) is 18.9. The Morgan fingerprint density at radius 1 is 0.757 bits per heavy atom. The lowest BCUT2D eigenvalue weighted by Crippen LogP contribution is -2.52. The van der Waals surface area contributed by atoms with Gasteiger partial charge in [-0.1, -0.05) is 75.1 Å². The number of aromatic amines is 1. The van der Waals surface area contributed by atoms with Crippen LogP contribution < -0.4 is 26.6 Å². The average Bonchev–Trinajstić information content (AvgIpc) is 4.22. The van der Waals surface area contributed by atoms with Crippen molar-refractivity contribution in [3.8, 4) is 12.3 Å². The number of carbonyl (C=O) groups is 3. The molecule has 6 atom stereocenters. The molecule has 0 spiro atoms. The second-order valence-corrected chi connectivity index (χ2v) is 18.9. The number of rotatable bonds is 28. The summed E-state index contributed by atoms with van der Waals surface area (Å²) in [5, 5.41) is 31.4. The fourth-order valence-corrected chi connectivity index (χ4v) is 8.85. The average molecular weight is 1020 g/mol. The smallest absolute Gasteiger partial charge is 0.303 e. The van der Waals surface area contributed by atoms with E-state index in [0.717, 1.165) is 29.4 Å². The van der Waals surface area contributed by atoms with E-state index < -0.39 is 18.1 Å². The van der Waals surface area contributed by atoms with Crippen molar-refractivity contribution in [1.82, 2.24) is 59.7 Å². The number of nitrogens with zero attached hydrogens (tertiary/aromatic N) is 13. The maximum absolute atomic E-state index is 14.7. The molecule has 5 aromatic rings. The number of H-pyrrole nitrogens is 1. The van der Waals surface area contributed by atoms with Crippen molar-refractivity contribution in [3.05, 3.63) is 59.8 Å². The number of terminal acetylenes is 1. The van der Waals surface area contributed by atoms with E-state index in [1.807, 2.05) is 59.0 Å². The molecule has 0 radical (unpaired) electrons. The standard InChI is InChI=1S/C50H73N17O7/c1-6-24-72-26-28-74-29-27-73-25-15-53-48-55-49(64-20-16-62(17-21-64)46(70)41(13-14-43(68)69)66-32-39(58-60-66)44(51)34(4)7-2)57-50(56-48)65-22-18-63(19-23-65)47(71)42(31-37-30-36-11-9-10-12-38(36)54-37)67-33-40(59-61-67)45(52)35(5)8-3/h1,9-12,30,32-35,41-42,44-45,54H,7-8,13-29,31,51-52H2,2-5H3,(H,68,69)(H,53,55,56,57)/t34-,35-,41+,42+,44?,45?/m1/s1. The molecule has 7 N–H and O–H groups in total. The molecule has 24 heteroatoms. The van der Waals surface area contributed by atoms with Crippen LogP contribution >= 0.6 is 0 Å². The minimum absolute atomic E-state index is 0.0402. The minimum atomic E-state index is -1.01. The van der Waals surface area contributed by atoms with E-state index in [1.165, 1.54) is 4.68 Å². The molecule has 0 bridgehead atoms. The summed E-state index contributed by atoms with van der Waals surface area (Å²) in [6.45, 7) is 13.9. The van der Waals surface area contributed by atoms with Crippen LogP contribution in [0.25, 0.3) is 10.9 Å². The molecule has 1 aromatic carbocycles. The summed E-state index contributed by atoms with van der Waals surface area (Å²) < 4.78 is 19.7. The Morgan fingerprint density at radius 2 is 1.28 bits per heavy atom. The Morgan fingerprint density at radius 3 is 1.82 bits per heavy atom. The molecule has 2 saturated heterocycles. The molecule has 2 fully saturated rings. The van der Waals surface area contributed by atoms with Gasteiger partial charge in [0.1, 0.15) is 18.7 Å². The highest BCUT2D eigenvalue weighted by atomic mass is 16.5. The monoisotopic (exact) mass is 1020 g/mol. The quantitative estimate of drug-likeness (QED) is 0.0355. The van der Waals surface area contributed by atoms with Gasteiger partial charge in [-0.05, 0) is 35.8 Å². The third-order valence-corrected chi connectivity index (χ3v) is 13.9. The van der Waals surface area contributed by atoms with Crippen molar-refractivity contribution in [2.24, 2.45) is 23.3 Å². The molecule has 6 heterocycles. The highest BCUT2D eigenvalue weighted by Gasteiger charge is 2.34. The number of aliphatic carboxylic acids is 1. The number of nitrogens with two attached hydrogens (primary N) is 2. The van der Waals surface area contributed by atoms with Crippen LogP contribution in [-0.4, -0.2) is 181 Å². The van der Waals surface area contributed by atoms with Gasteiger partial charge in [-0.15, -0.1) is 16.6 Å². The molecule has 400 valence electrons. The molecule has 4 aromatic heterocycles. The Hall–Kier alpha value is -6.78. The van der Waals surface area contributed by atoms with E-state index in [2.05, 4.69) is 56.8 Å². The number of fused-ring (bicyclic) bond motifs is 1. The zero-order chi connectivity index (χ0) is 52.6. The zero-order valence-corrected chi connectivity index (χ0v) is 43.1. The number of anilines is 3. The van der Waals surface area contributed by atoms with Crippen LogP contribution in [0, 0.1) is 24.2 Å². The van der Waals surface area contributed by atoms with Gasteiger partial charge < -0.3 is 60.7 Å². The molecule has 7 rings (SSSR count). The summed E-state index contributed by atoms with van der Waals surface area (Å²) in [6.07, 6.45) is 10.6. The number of carbonyl (C=O) groups excluding carboxylic acids is 2. The number of amides is 2. The summed E-state index contributed by atoms with van der Waals surface area (Å²) in [5.74, 6) is 2.58. The highest BCUT2D eigenvalue weighted by molar-refractivity contribution is 5.83. The van der Waals surface area contributed by atoms with E-state index in [9.17, 15) is 19.5 Å². The van der Waals surface area contributed by atoms with Crippen molar-refractivity contribution >= 4 is 46.5 Å². The molecule has 74 heavy (non-hydrogen) atoms. The van der Waals surface area contributed by atoms with Gasteiger partial charge in [-0.25, -0.2) is 9.36 Å². The molecule has 2 unspecified atom stereocenters. The Bertz CT molecular complexity index is 2580. The summed E-state index contributed by atoms with van der Waals surface area (Å²) in [6, 6.07) is 7.83. The number of hydrogen-bond donors (Lipinski definition) is 5. The predicted octanol–water partition coefficient (Wildman–Crippen LogP) is 2.61. The molecule has 2 aliphatic rings. The topological polar surface area (TPSA) is 292 Å². The van der Waals surface area contributed by atoms with Crippen LogP contribution in [0.4, 0.5) is 17.8 Å². The lowest BCUT2D eigenvalue weighted by Gasteiger charge is -2.38. The van der Waals surface area contributed by atoms with E-state index in [1.54, 1.807) is 15.8 Å². The first-order valence-electron chi connectivity index (χ1n) is 25.7. The van der Waals surface area contributed by atoms with Gasteiger partial charge in [0.25, 0.3) is 0 Å². The highest BCUT2D eigenvalue weighted by Crippen LogP contribution is 2.28. The summed E-state index contributed by atoms with van der Waals surface area (Å²) in [4.78, 5) is 66.3. The minimum Gasteiger partial charge on any atom is -0.481 e. The van der Waals surface area contributed by atoms with Gasteiger partial charge in [0, 0.05) is 83.0 Å². The van der Waals surface area contributed by atoms with Crippen molar-refractivity contribution in [3.63, 3.8) is 0 Å². The number of nitrogens with one attached hydrogen (secondary N) is 2. The van der Waals surface area contributed by atoms with Crippen LogP contribution in [0.1, 0.15) is 94.6 Å². The van der Waals surface area contributed by atoms with Gasteiger partial charge in [-0.2, -0.15) is 15.0 Å². The molecule has 0 aliphatic carbocycles. The third-order valence-electron chi connectivity index (χ3n) is 13.9. The Balaban J connectivity index is 1.04. The number of benzene rings is 1. The van der Waals surface area contributed by atoms with E-state index in [-0.39, 0.29) is 55.2 Å². The zero-order valence-electron chi connectivity index (χ0n) is 43.1. The van der Waals surface area contributed by atoms with Crippen LogP contribution in [0.3, 0.4) is 0 Å². The van der Waals surface area contributed by atoms with Gasteiger partial charge in [-0.3, -0.25) is 14.4 Å². The lowest BCUT2D eigenvalue weighted by atomic mass is 9.98. The molecular weight excluding hydrogens is 951 g/mol. The van der Waals surface area contributed by atoms with Gasteiger partial charge in [0.05, 0.1) is 68.9 Å². The molecule has 2 amide bonds. The van der Waals surface area contributed by atoms with Crippen LogP contribution in [0.5, 0.6) is 0 Å². The summed E-state index contributed by atoms with van der Waals surface area (Å²) in [5.41, 5.74) is 16.1. The van der Waals surface area contributed by atoms with Crippen molar-refractivity contribution in [2.45, 2.75) is 84.0 Å². The number of para-hydroxylation sites is 1. The SMILES string of the molecule is C#CCOCCOCCOCCNc1nc(N2CCN(C(=O)[C@H](CCC(=O)O)n3cc(C(N)[C@H](C)CC)nn3)CC2)nc(N2CCN(C(=O)[C@H](Cc3cc4ccccc4[nH]3)n3cc(C(N)[C@H](C)CC)nn3)CC2)n1. The number of ether oxygens (including phenoxy) is 3. The number of carboxylic acid groups (broad SMARTS) is 1. The second kappa shape index (κ2) is 27.0. The van der Waals surface area contributed by atoms with E-state index >= 15 is 0 Å². The fourth-order valence-electron chi connectivity index (χ4n) is 8.85. The maximum atomic E-state index is 14.7. The van der Waals surface area contributed by atoms with E-state index in [0.29, 0.717) is 128 Å². The summed E-state index contributed by atoms with van der Waals surface area (Å²) >= 11 is 0. The largest absolute Gasteiger partial charge is 0.481 e. The van der Waals surface area contributed by atoms with Gasteiger partial charge >= 0.3 is 5.97 Å². The number of hydrogen-bond acceptors (Lipinski definition) is 18. The first-order valence-corrected chi connectivity index (χ1v) is 25.7. The van der Waals surface area contributed by atoms with Gasteiger partial charge in [0.15, 0.2) is 0 Å². The normalized spacial score (nSPS) is 16.7. The molecule has 24 nitrogen and oxygen atoms in total.